The fraction of sp³-hybridized carbons (Fsp3) is 0.280. The molecule has 0 amide bonds. The van der Waals surface area contributed by atoms with Crippen LogP contribution in [0.2, 0.25) is 0 Å². The second-order valence-corrected chi connectivity index (χ2v) is 8.90. The highest BCUT2D eigenvalue weighted by atomic mass is 16.4. The molecule has 10 heteroatoms. The van der Waals surface area contributed by atoms with E-state index in [1.54, 1.807) is 16.7 Å². The third kappa shape index (κ3) is 3.96. The second-order valence-electron chi connectivity index (χ2n) is 8.90. The van der Waals surface area contributed by atoms with Crippen LogP contribution >= 0.6 is 0 Å². The Morgan fingerprint density at radius 1 is 0.857 bits per heavy atom. The lowest BCUT2D eigenvalue weighted by atomic mass is 10.1. The summed E-state index contributed by atoms with van der Waals surface area (Å²) in [6, 6.07) is 15.6. The monoisotopic (exact) mass is 471 g/mol. The number of carboxylic acid groups (broad SMARTS) is 1. The Labute approximate surface area is 201 Å². The maximum Gasteiger partial charge on any atom is 0.323 e. The molecule has 2 aliphatic heterocycles. The number of aliphatic carboxylic acids is 1. The minimum Gasteiger partial charge on any atom is -0.508 e. The summed E-state index contributed by atoms with van der Waals surface area (Å²) in [7, 11) is 0. The van der Waals surface area contributed by atoms with E-state index in [0.29, 0.717) is 17.1 Å². The Balaban J connectivity index is 1.32. The quantitative estimate of drug-likeness (QED) is 0.453. The Kier molecular flexibility index (Phi) is 5.13. The van der Waals surface area contributed by atoms with Crippen molar-refractivity contribution in [1.29, 1.82) is 0 Å². The van der Waals surface area contributed by atoms with Crippen LogP contribution in [0.4, 0.5) is 17.5 Å². The predicted octanol–water partition coefficient (Wildman–Crippen LogP) is 2.46. The number of rotatable bonds is 5. The smallest absolute Gasteiger partial charge is 0.323 e. The fourth-order valence-corrected chi connectivity index (χ4v) is 4.85. The molecule has 0 unspecified atom stereocenters. The number of anilines is 3. The van der Waals surface area contributed by atoms with Crippen LogP contribution in [0.1, 0.15) is 11.1 Å². The summed E-state index contributed by atoms with van der Waals surface area (Å²) < 4.78 is 1.57. The van der Waals surface area contributed by atoms with E-state index in [0.717, 1.165) is 50.8 Å². The Bertz CT molecular complexity index is 1370. The first-order chi connectivity index (χ1) is 17.0. The number of aromatic hydroxyl groups is 1. The molecule has 0 atom stereocenters. The number of benzene rings is 2. The van der Waals surface area contributed by atoms with Crippen LogP contribution in [0.15, 0.2) is 54.9 Å². The molecule has 2 aliphatic rings. The molecule has 10 nitrogen and oxygen atoms in total. The molecular weight excluding hydrogens is 446 g/mol. The summed E-state index contributed by atoms with van der Waals surface area (Å²) in [5.74, 6) is 0.623. The molecule has 2 aromatic heterocycles. The van der Waals surface area contributed by atoms with Gasteiger partial charge in [-0.25, -0.2) is 4.98 Å². The van der Waals surface area contributed by atoms with Crippen molar-refractivity contribution in [3.05, 3.63) is 66.0 Å². The molecule has 0 spiro atoms. The van der Waals surface area contributed by atoms with Crippen molar-refractivity contribution >= 4 is 34.6 Å². The number of phenolic OH excluding ortho intramolecular Hbond substituents is 1. The lowest BCUT2D eigenvalue weighted by Crippen LogP contribution is -2.47. The summed E-state index contributed by atoms with van der Waals surface area (Å²) in [6.07, 6.45) is 1.53. The lowest BCUT2D eigenvalue weighted by Gasteiger charge is -2.36. The van der Waals surface area contributed by atoms with Crippen LogP contribution in [0.3, 0.4) is 0 Å². The number of hydrogen-bond acceptors (Lipinski definition) is 8. The van der Waals surface area contributed by atoms with Gasteiger partial charge in [-0.3, -0.25) is 4.79 Å². The van der Waals surface area contributed by atoms with E-state index in [-0.39, 0.29) is 12.3 Å². The molecule has 1 fully saturated rings. The van der Waals surface area contributed by atoms with E-state index < -0.39 is 5.97 Å². The summed E-state index contributed by atoms with van der Waals surface area (Å²) in [5.41, 5.74) is 4.73. The minimum atomic E-state index is -0.942. The van der Waals surface area contributed by atoms with Gasteiger partial charge < -0.3 is 29.5 Å². The molecule has 0 aliphatic carbocycles. The van der Waals surface area contributed by atoms with Gasteiger partial charge in [0.2, 0.25) is 5.95 Å². The van der Waals surface area contributed by atoms with E-state index in [2.05, 4.69) is 31.8 Å². The van der Waals surface area contributed by atoms with Gasteiger partial charge in [0.15, 0.2) is 17.0 Å². The van der Waals surface area contributed by atoms with Gasteiger partial charge in [0, 0.05) is 45.0 Å². The van der Waals surface area contributed by atoms with Gasteiger partial charge in [0.05, 0.1) is 6.33 Å². The number of imidazole rings is 1. The molecule has 1 saturated heterocycles. The first-order valence-corrected chi connectivity index (χ1v) is 11.6. The minimum absolute atomic E-state index is 0.207. The molecular formula is C25H25N7O3. The third-order valence-electron chi connectivity index (χ3n) is 6.66. The van der Waals surface area contributed by atoms with Gasteiger partial charge in [0.1, 0.15) is 12.3 Å². The Morgan fingerprint density at radius 3 is 2.17 bits per heavy atom. The molecule has 6 rings (SSSR count). The molecule has 2 N–H and O–H groups in total. The van der Waals surface area contributed by atoms with Gasteiger partial charge in [0.25, 0.3) is 0 Å². The third-order valence-corrected chi connectivity index (χ3v) is 6.66. The maximum absolute atomic E-state index is 11.4. The van der Waals surface area contributed by atoms with Crippen molar-refractivity contribution in [2.45, 2.75) is 19.6 Å². The summed E-state index contributed by atoms with van der Waals surface area (Å²) in [5, 5.41) is 19.0. The SMILES string of the molecule is O=C(O)Cn1cnc2c(N3Cc4ccccc4C3)nc(N3CCN(c4ccc(O)cc4)CC3)nc21. The van der Waals surface area contributed by atoms with Crippen LogP contribution in [-0.4, -0.2) is 61.9 Å². The standard InChI is InChI=1S/C25H25N7O3/c33-20-7-5-19(6-8-20)29-9-11-30(12-10-29)25-27-23(31-13-17-3-1-2-4-18(17)14-31)22-24(28-25)32(16-26-22)15-21(34)35/h1-8,16,33H,9-15H2,(H,34,35). The van der Waals surface area contributed by atoms with E-state index in [9.17, 15) is 15.0 Å². The first-order valence-electron chi connectivity index (χ1n) is 11.6. The maximum atomic E-state index is 11.4. The molecule has 4 aromatic rings. The zero-order valence-electron chi connectivity index (χ0n) is 19.1. The van der Waals surface area contributed by atoms with E-state index in [1.165, 1.54) is 17.5 Å². The summed E-state index contributed by atoms with van der Waals surface area (Å²) in [4.78, 5) is 32.3. The van der Waals surface area contributed by atoms with Crippen molar-refractivity contribution in [2.24, 2.45) is 0 Å². The van der Waals surface area contributed by atoms with Gasteiger partial charge in [-0.05, 0) is 35.4 Å². The first kappa shape index (κ1) is 21.2. The van der Waals surface area contributed by atoms with Gasteiger partial charge >= 0.3 is 5.97 Å². The highest BCUT2D eigenvalue weighted by Gasteiger charge is 2.27. The number of aromatic nitrogens is 4. The molecule has 0 saturated carbocycles. The van der Waals surface area contributed by atoms with E-state index in [1.807, 2.05) is 24.3 Å². The average molecular weight is 472 g/mol. The van der Waals surface area contributed by atoms with Crippen LogP contribution in [-0.2, 0) is 24.4 Å². The topological polar surface area (TPSA) is 111 Å². The van der Waals surface area contributed by atoms with E-state index in [4.69, 9.17) is 9.97 Å². The molecule has 0 bridgehead atoms. The number of piperazine rings is 1. The van der Waals surface area contributed by atoms with Gasteiger partial charge in [-0.1, -0.05) is 24.3 Å². The van der Waals surface area contributed by atoms with Crippen molar-refractivity contribution in [3.8, 4) is 5.75 Å². The average Bonchev–Trinajstić information content (AvgIpc) is 3.48. The number of hydrogen-bond donors (Lipinski definition) is 2. The number of carboxylic acids is 1. The van der Waals surface area contributed by atoms with Crippen molar-refractivity contribution in [1.82, 2.24) is 19.5 Å². The zero-order chi connectivity index (χ0) is 23.9. The van der Waals surface area contributed by atoms with Gasteiger partial charge in [-0.2, -0.15) is 9.97 Å². The normalized spacial score (nSPS) is 15.6. The van der Waals surface area contributed by atoms with Crippen molar-refractivity contribution in [3.63, 3.8) is 0 Å². The molecule has 35 heavy (non-hydrogen) atoms. The highest BCUT2D eigenvalue weighted by molar-refractivity contribution is 5.86. The molecule has 0 radical (unpaired) electrons. The number of fused-ring (bicyclic) bond motifs is 2. The Hall–Kier alpha value is -4.34. The zero-order valence-corrected chi connectivity index (χ0v) is 19.1. The molecule has 178 valence electrons. The van der Waals surface area contributed by atoms with E-state index >= 15 is 0 Å². The van der Waals surface area contributed by atoms with Crippen LogP contribution < -0.4 is 14.7 Å². The predicted molar refractivity (Wildman–Crippen MR) is 132 cm³/mol. The van der Waals surface area contributed by atoms with Gasteiger partial charge in [-0.15, -0.1) is 0 Å². The summed E-state index contributed by atoms with van der Waals surface area (Å²) in [6.45, 7) is 4.25. The number of nitrogens with zero attached hydrogens (tertiary/aromatic N) is 7. The fourth-order valence-electron chi connectivity index (χ4n) is 4.85. The van der Waals surface area contributed by atoms with Crippen LogP contribution in [0.5, 0.6) is 5.75 Å². The second kappa shape index (κ2) is 8.46. The highest BCUT2D eigenvalue weighted by Crippen LogP contribution is 2.33. The number of phenols is 1. The van der Waals surface area contributed by atoms with Crippen molar-refractivity contribution in [2.75, 3.05) is 40.9 Å². The lowest BCUT2D eigenvalue weighted by molar-refractivity contribution is -0.137. The van der Waals surface area contributed by atoms with Crippen LogP contribution in [0, 0.1) is 0 Å². The number of carbonyl (C=O) groups is 1. The summed E-state index contributed by atoms with van der Waals surface area (Å²) >= 11 is 0. The molecule has 2 aromatic carbocycles. The van der Waals surface area contributed by atoms with Crippen LogP contribution in [0.25, 0.3) is 11.2 Å². The largest absolute Gasteiger partial charge is 0.508 e. The van der Waals surface area contributed by atoms with Crippen molar-refractivity contribution < 1.29 is 15.0 Å². The Morgan fingerprint density at radius 2 is 1.51 bits per heavy atom. The molecule has 4 heterocycles.